The molecule has 0 unspecified atom stereocenters. The summed E-state index contributed by atoms with van der Waals surface area (Å²) >= 11 is 0. The molecule has 0 aliphatic carbocycles. The Kier molecular flexibility index (Phi) is 4.33. The second-order valence-electron chi connectivity index (χ2n) is 4.25. The maximum atomic E-state index is 10.6. The van der Waals surface area contributed by atoms with Crippen LogP contribution in [-0.4, -0.2) is 43.3 Å². The van der Waals surface area contributed by atoms with Crippen LogP contribution in [0, 0.1) is 0 Å². The van der Waals surface area contributed by atoms with Crippen LogP contribution in [0.1, 0.15) is 12.8 Å². The number of likely N-dealkylation sites (tertiary alicyclic amines) is 1. The van der Waals surface area contributed by atoms with E-state index in [9.17, 15) is 8.42 Å². The molecule has 5 nitrogen and oxygen atoms in total. The van der Waals surface area contributed by atoms with E-state index in [0.717, 1.165) is 31.6 Å². The Labute approximate surface area is 103 Å². The van der Waals surface area contributed by atoms with Crippen LogP contribution < -0.4 is 5.32 Å². The second kappa shape index (κ2) is 5.97. The van der Waals surface area contributed by atoms with Crippen molar-refractivity contribution in [3.8, 4) is 0 Å². The zero-order valence-corrected chi connectivity index (χ0v) is 10.5. The van der Waals surface area contributed by atoms with Crippen LogP contribution in [0.2, 0.25) is 0 Å². The molecule has 6 heteroatoms. The van der Waals surface area contributed by atoms with Crippen molar-refractivity contribution >= 4 is 16.4 Å². The minimum atomic E-state index is -2.29. The summed E-state index contributed by atoms with van der Waals surface area (Å²) in [6.45, 7) is 1.67. The predicted molar refractivity (Wildman–Crippen MR) is 67.6 cm³/mol. The number of hydrogen-bond donors (Lipinski definition) is 2. The van der Waals surface area contributed by atoms with Gasteiger partial charge < -0.3 is 5.32 Å². The third-order valence-electron chi connectivity index (χ3n) is 2.94. The summed E-state index contributed by atoms with van der Waals surface area (Å²) in [5.41, 5.74) is 1.03. The molecule has 1 N–H and O–H groups in total. The highest BCUT2D eigenvalue weighted by molar-refractivity contribution is 7.72. The molecule has 0 radical (unpaired) electrons. The van der Waals surface area contributed by atoms with Gasteiger partial charge >= 0.3 is 0 Å². The van der Waals surface area contributed by atoms with Gasteiger partial charge in [0.05, 0.1) is 11.6 Å². The summed E-state index contributed by atoms with van der Waals surface area (Å²) < 4.78 is 21.2. The number of pyridine rings is 1. The lowest BCUT2D eigenvalue weighted by atomic mass is 10.1. The fourth-order valence-corrected chi connectivity index (χ4v) is 2.68. The molecule has 0 aromatic carbocycles. The Hall–Kier alpha value is -1.14. The highest BCUT2D eigenvalue weighted by Crippen LogP contribution is 2.15. The molecule has 1 aromatic rings. The van der Waals surface area contributed by atoms with Gasteiger partial charge in [-0.05, 0) is 25.0 Å². The average molecular weight is 255 g/mol. The quantitative estimate of drug-likeness (QED) is 0.768. The molecule has 1 aromatic heterocycles. The summed E-state index contributed by atoms with van der Waals surface area (Å²) in [4.78, 5) is 6.03. The monoisotopic (exact) mass is 255 g/mol. The van der Waals surface area contributed by atoms with Gasteiger partial charge in [0.2, 0.25) is 0 Å². The van der Waals surface area contributed by atoms with Gasteiger partial charge in [0.1, 0.15) is 0 Å². The topological polar surface area (TPSA) is 62.3 Å². The lowest BCUT2D eigenvalue weighted by Crippen LogP contribution is -2.39. The first kappa shape index (κ1) is 12.3. The van der Waals surface area contributed by atoms with Crippen molar-refractivity contribution in [3.05, 3.63) is 24.5 Å². The standard InChI is InChI=1S/C11H17N3O2S/c15-17(16)9-14-6-3-10(4-7-14)13-11-2-1-5-12-8-11/h1-2,5,8,10,13,17H,3-4,6-7,9H2. The van der Waals surface area contributed by atoms with Crippen LogP contribution in [0.3, 0.4) is 0 Å². The van der Waals surface area contributed by atoms with Crippen LogP contribution in [0.15, 0.2) is 24.5 Å². The molecule has 2 rings (SSSR count). The molecular weight excluding hydrogens is 238 g/mol. The van der Waals surface area contributed by atoms with E-state index in [1.165, 1.54) is 0 Å². The summed E-state index contributed by atoms with van der Waals surface area (Å²) in [5.74, 6) is 0.189. The van der Waals surface area contributed by atoms with Crippen molar-refractivity contribution in [1.82, 2.24) is 9.88 Å². The van der Waals surface area contributed by atoms with Gasteiger partial charge in [0.25, 0.3) is 0 Å². The van der Waals surface area contributed by atoms with Gasteiger partial charge in [-0.2, -0.15) is 0 Å². The van der Waals surface area contributed by atoms with Gasteiger partial charge in [0.15, 0.2) is 10.7 Å². The molecule has 0 bridgehead atoms. The fourth-order valence-electron chi connectivity index (χ4n) is 2.07. The molecule has 0 amide bonds. The summed E-state index contributed by atoms with van der Waals surface area (Å²) in [5, 5.41) is 3.41. The number of rotatable bonds is 4. The molecule has 0 saturated carbocycles. The lowest BCUT2D eigenvalue weighted by Gasteiger charge is -2.31. The highest BCUT2D eigenvalue weighted by Gasteiger charge is 2.19. The van der Waals surface area contributed by atoms with E-state index in [4.69, 9.17) is 0 Å². The van der Waals surface area contributed by atoms with E-state index in [0.29, 0.717) is 6.04 Å². The largest absolute Gasteiger partial charge is 0.381 e. The zero-order valence-electron chi connectivity index (χ0n) is 9.58. The first-order chi connectivity index (χ1) is 8.24. The minimum Gasteiger partial charge on any atom is -0.381 e. The fraction of sp³-hybridized carbons (Fsp3) is 0.545. The van der Waals surface area contributed by atoms with Crippen LogP contribution >= 0.6 is 0 Å². The first-order valence-corrected chi connectivity index (χ1v) is 7.11. The van der Waals surface area contributed by atoms with E-state index in [2.05, 4.69) is 10.3 Å². The normalized spacial score (nSPS) is 18.4. The number of aromatic nitrogens is 1. The molecule has 17 heavy (non-hydrogen) atoms. The molecule has 0 atom stereocenters. The molecule has 0 spiro atoms. The van der Waals surface area contributed by atoms with Gasteiger partial charge in [-0.3, -0.25) is 9.88 Å². The molecular formula is C11H17N3O2S. The molecule has 1 fully saturated rings. The molecule has 2 heterocycles. The maximum absolute atomic E-state index is 10.6. The first-order valence-electron chi connectivity index (χ1n) is 5.75. The Morgan fingerprint density at radius 1 is 1.41 bits per heavy atom. The SMILES string of the molecule is O=[SH](=O)CN1CCC(Nc2cccnc2)CC1. The number of nitrogens with zero attached hydrogens (tertiary/aromatic N) is 2. The Bertz CT molecular complexity index is 406. The van der Waals surface area contributed by atoms with Gasteiger partial charge in [-0.15, -0.1) is 0 Å². The van der Waals surface area contributed by atoms with E-state index < -0.39 is 10.7 Å². The van der Waals surface area contributed by atoms with E-state index in [1.54, 1.807) is 12.4 Å². The average Bonchev–Trinajstić information content (AvgIpc) is 2.32. The van der Waals surface area contributed by atoms with Crippen LogP contribution in [0.25, 0.3) is 0 Å². The molecule has 1 aliphatic rings. The van der Waals surface area contributed by atoms with Crippen molar-refractivity contribution in [3.63, 3.8) is 0 Å². The van der Waals surface area contributed by atoms with Crippen molar-refractivity contribution in [1.29, 1.82) is 0 Å². The van der Waals surface area contributed by atoms with Crippen LogP contribution in [-0.2, 0) is 10.7 Å². The number of nitrogens with one attached hydrogen (secondary N) is 1. The van der Waals surface area contributed by atoms with Gasteiger partial charge in [-0.1, -0.05) is 0 Å². The molecule has 1 aliphatic heterocycles. The molecule has 1 saturated heterocycles. The summed E-state index contributed by atoms with van der Waals surface area (Å²) in [7, 11) is -2.29. The number of thiol groups is 1. The van der Waals surface area contributed by atoms with Crippen molar-refractivity contribution in [2.45, 2.75) is 18.9 Å². The second-order valence-corrected chi connectivity index (χ2v) is 5.20. The number of piperidine rings is 1. The zero-order chi connectivity index (χ0) is 12.1. The van der Waals surface area contributed by atoms with E-state index >= 15 is 0 Å². The smallest absolute Gasteiger partial charge is 0.153 e. The summed E-state index contributed by atoms with van der Waals surface area (Å²) in [6.07, 6.45) is 5.50. The minimum absolute atomic E-state index is 0.189. The van der Waals surface area contributed by atoms with Crippen molar-refractivity contribution in [2.24, 2.45) is 0 Å². The van der Waals surface area contributed by atoms with Gasteiger partial charge in [0, 0.05) is 31.5 Å². The Balaban J connectivity index is 1.79. The third-order valence-corrected chi connectivity index (χ3v) is 3.57. The predicted octanol–water partition coefficient (Wildman–Crippen LogP) is 0.527. The van der Waals surface area contributed by atoms with E-state index in [1.807, 2.05) is 17.0 Å². The number of hydrogen-bond acceptors (Lipinski definition) is 5. The van der Waals surface area contributed by atoms with Gasteiger partial charge in [-0.25, -0.2) is 8.42 Å². The van der Waals surface area contributed by atoms with Crippen molar-refractivity contribution in [2.75, 3.05) is 24.3 Å². The Morgan fingerprint density at radius 2 is 2.18 bits per heavy atom. The van der Waals surface area contributed by atoms with Crippen LogP contribution in [0.5, 0.6) is 0 Å². The lowest BCUT2D eigenvalue weighted by molar-refractivity contribution is 0.250. The number of anilines is 1. The summed E-state index contributed by atoms with van der Waals surface area (Å²) in [6, 6.07) is 4.31. The third kappa shape index (κ3) is 3.98. The maximum Gasteiger partial charge on any atom is 0.153 e. The Morgan fingerprint density at radius 3 is 2.76 bits per heavy atom. The van der Waals surface area contributed by atoms with Crippen LogP contribution in [0.4, 0.5) is 5.69 Å². The highest BCUT2D eigenvalue weighted by atomic mass is 32.2. The molecule has 94 valence electrons. The van der Waals surface area contributed by atoms with E-state index in [-0.39, 0.29) is 5.88 Å². The van der Waals surface area contributed by atoms with Crippen molar-refractivity contribution < 1.29 is 8.42 Å².